The van der Waals surface area contributed by atoms with Crippen molar-refractivity contribution >= 4 is 17.2 Å². The Bertz CT molecular complexity index is 319. The van der Waals surface area contributed by atoms with Gasteiger partial charge in [-0.2, -0.15) is 0 Å². The summed E-state index contributed by atoms with van der Waals surface area (Å²) in [5, 5.41) is 3.22. The smallest absolute Gasteiger partial charge is 0.106 e. The molecule has 0 radical (unpaired) electrons. The molecule has 0 amide bonds. The first kappa shape index (κ1) is 7.74. The molecule has 1 aromatic rings. The number of thiocarbonyl (C=S) groups is 1. The zero-order valence-electron chi connectivity index (χ0n) is 7.00. The van der Waals surface area contributed by atoms with Crippen LogP contribution in [0.5, 0.6) is 0 Å². The molecule has 0 spiro atoms. The van der Waals surface area contributed by atoms with Crippen molar-refractivity contribution in [2.45, 2.75) is 12.8 Å². The summed E-state index contributed by atoms with van der Waals surface area (Å²) in [6.45, 7) is 3.18. The van der Waals surface area contributed by atoms with E-state index >= 15 is 0 Å². The average Bonchev–Trinajstić information content (AvgIpc) is 2.12. The first-order valence-electron chi connectivity index (χ1n) is 4.16. The molecule has 1 aliphatic heterocycles. The van der Waals surface area contributed by atoms with Gasteiger partial charge in [-0.25, -0.2) is 0 Å². The van der Waals surface area contributed by atoms with E-state index in [0.717, 1.165) is 11.5 Å². The Morgan fingerprint density at radius 3 is 2.92 bits per heavy atom. The Kier molecular flexibility index (Phi) is 1.85. The molecule has 62 valence electrons. The van der Waals surface area contributed by atoms with Gasteiger partial charge in [-0.3, -0.25) is 0 Å². The molecule has 1 aliphatic rings. The number of nitrogens with one attached hydrogen (secondary N) is 1. The highest BCUT2D eigenvalue weighted by Crippen LogP contribution is 2.22. The lowest BCUT2D eigenvalue weighted by atomic mass is 9.92. The van der Waals surface area contributed by atoms with Crippen LogP contribution in [0.1, 0.15) is 24.0 Å². The van der Waals surface area contributed by atoms with Crippen LogP contribution in [0.4, 0.5) is 0 Å². The molecular formula is C10H11NS. The highest BCUT2D eigenvalue weighted by atomic mass is 32.1. The van der Waals surface area contributed by atoms with Crippen molar-refractivity contribution in [1.29, 1.82) is 0 Å². The van der Waals surface area contributed by atoms with E-state index in [4.69, 9.17) is 12.2 Å². The maximum atomic E-state index is 5.20. The summed E-state index contributed by atoms with van der Waals surface area (Å²) in [5.41, 5.74) is 2.58. The standard InChI is InChI=1S/C10H11NS/c1-7-6-11-10(12)9-5-3-2-4-8(7)9/h2-5,7H,6H2,1H3,(H,11,12). The lowest BCUT2D eigenvalue weighted by Gasteiger charge is -2.24. The summed E-state index contributed by atoms with van der Waals surface area (Å²) in [5.74, 6) is 0.577. The molecule has 1 unspecified atom stereocenters. The summed E-state index contributed by atoms with van der Waals surface area (Å²) in [7, 11) is 0. The lowest BCUT2D eigenvalue weighted by Crippen LogP contribution is -2.33. The van der Waals surface area contributed by atoms with Gasteiger partial charge in [-0.1, -0.05) is 43.4 Å². The van der Waals surface area contributed by atoms with E-state index < -0.39 is 0 Å². The summed E-state index contributed by atoms with van der Waals surface area (Å²) >= 11 is 5.20. The van der Waals surface area contributed by atoms with Gasteiger partial charge in [0.15, 0.2) is 0 Å². The highest BCUT2D eigenvalue weighted by Gasteiger charge is 2.17. The Labute approximate surface area is 77.8 Å². The summed E-state index contributed by atoms with van der Waals surface area (Å²) in [6, 6.07) is 8.35. The fraction of sp³-hybridized carbons (Fsp3) is 0.300. The minimum Gasteiger partial charge on any atom is -0.375 e. The third kappa shape index (κ3) is 1.12. The summed E-state index contributed by atoms with van der Waals surface area (Å²) in [4.78, 5) is 0.892. The molecule has 0 saturated carbocycles. The molecule has 0 fully saturated rings. The van der Waals surface area contributed by atoms with Gasteiger partial charge in [-0.15, -0.1) is 0 Å². The van der Waals surface area contributed by atoms with Crippen molar-refractivity contribution in [3.63, 3.8) is 0 Å². The number of fused-ring (bicyclic) bond motifs is 1. The molecular weight excluding hydrogens is 166 g/mol. The van der Waals surface area contributed by atoms with Crippen molar-refractivity contribution in [2.75, 3.05) is 6.54 Å². The maximum Gasteiger partial charge on any atom is 0.106 e. The number of hydrogen-bond acceptors (Lipinski definition) is 1. The van der Waals surface area contributed by atoms with Crippen LogP contribution in [0, 0.1) is 0 Å². The quantitative estimate of drug-likeness (QED) is 0.609. The maximum absolute atomic E-state index is 5.20. The topological polar surface area (TPSA) is 12.0 Å². The van der Waals surface area contributed by atoms with Gasteiger partial charge >= 0.3 is 0 Å². The largest absolute Gasteiger partial charge is 0.375 e. The molecule has 1 atom stereocenters. The van der Waals surface area contributed by atoms with Crippen LogP contribution in [0.25, 0.3) is 0 Å². The third-order valence-corrected chi connectivity index (χ3v) is 2.67. The van der Waals surface area contributed by atoms with Gasteiger partial charge in [0.25, 0.3) is 0 Å². The van der Waals surface area contributed by atoms with Crippen LogP contribution in [0.2, 0.25) is 0 Å². The second-order valence-electron chi connectivity index (χ2n) is 3.20. The molecule has 12 heavy (non-hydrogen) atoms. The van der Waals surface area contributed by atoms with Gasteiger partial charge in [0.2, 0.25) is 0 Å². The third-order valence-electron chi connectivity index (χ3n) is 2.31. The fourth-order valence-corrected chi connectivity index (χ4v) is 1.85. The molecule has 0 aliphatic carbocycles. The second-order valence-corrected chi connectivity index (χ2v) is 3.61. The molecule has 0 saturated heterocycles. The predicted octanol–water partition coefficient (Wildman–Crippen LogP) is 2.07. The Morgan fingerprint density at radius 1 is 1.42 bits per heavy atom. The molecule has 1 N–H and O–H groups in total. The number of benzene rings is 1. The number of hydrogen-bond donors (Lipinski definition) is 1. The van der Waals surface area contributed by atoms with E-state index in [1.165, 1.54) is 11.1 Å². The minimum atomic E-state index is 0.577. The molecule has 0 bridgehead atoms. The van der Waals surface area contributed by atoms with Crippen molar-refractivity contribution in [3.05, 3.63) is 35.4 Å². The first-order chi connectivity index (χ1) is 5.79. The fourth-order valence-electron chi connectivity index (χ4n) is 1.58. The molecule has 1 nitrogen and oxygen atoms in total. The first-order valence-corrected chi connectivity index (χ1v) is 4.57. The zero-order valence-corrected chi connectivity index (χ0v) is 7.82. The van der Waals surface area contributed by atoms with Crippen LogP contribution in [-0.4, -0.2) is 11.5 Å². The second kappa shape index (κ2) is 2.87. The van der Waals surface area contributed by atoms with E-state index in [9.17, 15) is 0 Å². The van der Waals surface area contributed by atoms with Gasteiger partial charge in [-0.05, 0) is 11.5 Å². The molecule has 2 rings (SSSR count). The normalized spacial score (nSPS) is 21.4. The molecule has 2 heteroatoms. The Balaban J connectivity index is 2.55. The van der Waals surface area contributed by atoms with Crippen LogP contribution in [0.15, 0.2) is 24.3 Å². The van der Waals surface area contributed by atoms with Gasteiger partial charge in [0, 0.05) is 12.1 Å². The molecule has 0 aromatic heterocycles. The lowest BCUT2D eigenvalue weighted by molar-refractivity contribution is 0.704. The van der Waals surface area contributed by atoms with Crippen LogP contribution in [0.3, 0.4) is 0 Å². The van der Waals surface area contributed by atoms with Gasteiger partial charge in [0.05, 0.1) is 0 Å². The zero-order chi connectivity index (χ0) is 8.55. The summed E-state index contributed by atoms with van der Waals surface area (Å²) in [6.07, 6.45) is 0. The SMILES string of the molecule is CC1CNC(=S)c2ccccc21. The number of rotatable bonds is 0. The van der Waals surface area contributed by atoms with Gasteiger partial charge in [0.1, 0.15) is 4.99 Å². The monoisotopic (exact) mass is 177 g/mol. The van der Waals surface area contributed by atoms with Crippen molar-refractivity contribution in [1.82, 2.24) is 5.32 Å². The van der Waals surface area contributed by atoms with Crippen LogP contribution in [-0.2, 0) is 0 Å². The van der Waals surface area contributed by atoms with Crippen molar-refractivity contribution in [2.24, 2.45) is 0 Å². The van der Waals surface area contributed by atoms with E-state index in [-0.39, 0.29) is 0 Å². The summed E-state index contributed by atoms with van der Waals surface area (Å²) < 4.78 is 0. The molecule has 1 heterocycles. The minimum absolute atomic E-state index is 0.577. The Hall–Kier alpha value is -0.890. The van der Waals surface area contributed by atoms with Crippen molar-refractivity contribution < 1.29 is 0 Å². The van der Waals surface area contributed by atoms with E-state index in [2.05, 4.69) is 30.4 Å². The van der Waals surface area contributed by atoms with Crippen molar-refractivity contribution in [3.8, 4) is 0 Å². The average molecular weight is 177 g/mol. The van der Waals surface area contributed by atoms with E-state index in [0.29, 0.717) is 5.92 Å². The van der Waals surface area contributed by atoms with Crippen LogP contribution >= 0.6 is 12.2 Å². The predicted molar refractivity (Wildman–Crippen MR) is 54.6 cm³/mol. The van der Waals surface area contributed by atoms with Crippen LogP contribution < -0.4 is 5.32 Å². The van der Waals surface area contributed by atoms with E-state index in [1.807, 2.05) is 6.07 Å². The Morgan fingerprint density at radius 2 is 2.17 bits per heavy atom. The molecule has 1 aromatic carbocycles. The highest BCUT2D eigenvalue weighted by molar-refractivity contribution is 7.80. The van der Waals surface area contributed by atoms with Gasteiger partial charge < -0.3 is 5.32 Å². The van der Waals surface area contributed by atoms with E-state index in [1.54, 1.807) is 0 Å².